The van der Waals surface area contributed by atoms with E-state index in [9.17, 15) is 28.4 Å². The van der Waals surface area contributed by atoms with Gasteiger partial charge in [-0.15, -0.1) is 0 Å². The molecule has 12 heteroatoms. The Hall–Kier alpha value is -4.48. The van der Waals surface area contributed by atoms with E-state index in [0.29, 0.717) is 36.6 Å². The molecule has 2 aromatic carbocycles. The molecule has 4 amide bonds. The molecule has 4 aliphatic rings. The Balaban J connectivity index is 1.08. The lowest BCUT2D eigenvalue weighted by atomic mass is 9.91. The molecule has 11 nitrogen and oxygen atoms in total. The molecule has 46 heavy (non-hydrogen) atoms. The maximum atomic E-state index is 13.9. The summed E-state index contributed by atoms with van der Waals surface area (Å²) in [5.41, 5.74) is 0.434. The van der Waals surface area contributed by atoms with Crippen LogP contribution in [0.1, 0.15) is 50.5 Å². The summed E-state index contributed by atoms with van der Waals surface area (Å²) in [5, 5.41) is 8.21. The number of fused-ring (bicyclic) bond motifs is 1. The van der Waals surface area contributed by atoms with Crippen LogP contribution in [0.15, 0.2) is 48.5 Å². The van der Waals surface area contributed by atoms with Gasteiger partial charge in [0.25, 0.3) is 11.8 Å². The van der Waals surface area contributed by atoms with Gasteiger partial charge in [-0.1, -0.05) is 24.6 Å². The van der Waals surface area contributed by atoms with E-state index >= 15 is 0 Å². The molecule has 4 fully saturated rings. The van der Waals surface area contributed by atoms with Gasteiger partial charge in [0.2, 0.25) is 17.6 Å². The maximum Gasteiger partial charge on any atom is 0.289 e. The minimum atomic E-state index is -1.17. The van der Waals surface area contributed by atoms with E-state index < -0.39 is 35.6 Å². The van der Waals surface area contributed by atoms with Crippen molar-refractivity contribution in [2.24, 2.45) is 17.8 Å². The first-order chi connectivity index (χ1) is 22.3. The normalized spacial score (nSPS) is 24.1. The largest absolute Gasteiger partial charge is 0.489 e. The van der Waals surface area contributed by atoms with E-state index in [4.69, 9.17) is 9.47 Å². The number of carbonyl (C=O) groups excluding carboxylic acids is 5. The molecule has 2 saturated carbocycles. The Morgan fingerprint density at radius 3 is 2.39 bits per heavy atom. The third kappa shape index (κ3) is 7.32. The number of halogens is 1. The monoisotopic (exact) mass is 634 g/mol. The van der Waals surface area contributed by atoms with Crippen molar-refractivity contribution in [1.82, 2.24) is 20.9 Å². The molecule has 3 N–H and O–H groups in total. The number of ketones is 1. The second-order valence-corrected chi connectivity index (χ2v) is 12.7. The van der Waals surface area contributed by atoms with Gasteiger partial charge in [-0.3, -0.25) is 24.0 Å². The van der Waals surface area contributed by atoms with E-state index in [1.54, 1.807) is 42.5 Å². The molecular formula is C34H39FN4O7. The van der Waals surface area contributed by atoms with E-state index in [1.807, 2.05) is 0 Å². The number of benzene rings is 2. The van der Waals surface area contributed by atoms with Crippen LogP contribution in [0.5, 0.6) is 11.5 Å². The smallest absolute Gasteiger partial charge is 0.289 e. The van der Waals surface area contributed by atoms with Crippen molar-refractivity contribution in [2.45, 2.75) is 69.7 Å². The van der Waals surface area contributed by atoms with Gasteiger partial charge in [0, 0.05) is 30.6 Å². The zero-order valence-corrected chi connectivity index (χ0v) is 25.5. The molecule has 2 heterocycles. The Morgan fingerprint density at radius 2 is 1.70 bits per heavy atom. The molecule has 2 saturated heterocycles. The van der Waals surface area contributed by atoms with Gasteiger partial charge in [-0.05, 0) is 80.7 Å². The van der Waals surface area contributed by atoms with Crippen LogP contribution in [0.4, 0.5) is 4.39 Å². The van der Waals surface area contributed by atoms with Crippen LogP contribution in [-0.2, 0) is 30.6 Å². The average molecular weight is 635 g/mol. The lowest BCUT2D eigenvalue weighted by molar-refractivity contribution is -0.143. The number of nitrogens with one attached hydrogen (secondary N) is 3. The first-order valence-corrected chi connectivity index (χ1v) is 16.1. The third-order valence-electron chi connectivity index (χ3n) is 9.47. The summed E-state index contributed by atoms with van der Waals surface area (Å²) >= 11 is 0. The quantitative estimate of drug-likeness (QED) is 0.287. The Bertz CT molecular complexity index is 1480. The van der Waals surface area contributed by atoms with Crippen molar-refractivity contribution in [3.63, 3.8) is 0 Å². The highest BCUT2D eigenvalue weighted by atomic mass is 19.1. The van der Waals surface area contributed by atoms with Gasteiger partial charge in [0.05, 0.1) is 6.04 Å². The van der Waals surface area contributed by atoms with Crippen molar-refractivity contribution >= 4 is 29.4 Å². The minimum Gasteiger partial charge on any atom is -0.489 e. The molecule has 6 rings (SSSR count). The summed E-state index contributed by atoms with van der Waals surface area (Å²) in [6.07, 6.45) is 4.74. The fourth-order valence-corrected chi connectivity index (χ4v) is 6.82. The summed E-state index contributed by atoms with van der Waals surface area (Å²) in [6, 6.07) is 11.0. The molecule has 244 valence electrons. The fourth-order valence-electron chi connectivity index (χ4n) is 6.82. The summed E-state index contributed by atoms with van der Waals surface area (Å²) < 4.78 is 25.3. The lowest BCUT2D eigenvalue weighted by Crippen LogP contribution is -2.55. The third-order valence-corrected chi connectivity index (χ3v) is 9.47. The molecule has 0 bridgehead atoms. The van der Waals surface area contributed by atoms with E-state index in [-0.39, 0.29) is 55.1 Å². The van der Waals surface area contributed by atoms with Crippen LogP contribution in [0.25, 0.3) is 0 Å². The average Bonchev–Trinajstić information content (AvgIpc) is 3.40. The molecule has 0 spiro atoms. The molecule has 5 atom stereocenters. The summed E-state index contributed by atoms with van der Waals surface area (Å²) in [7, 11) is 0. The van der Waals surface area contributed by atoms with E-state index in [0.717, 1.165) is 32.1 Å². The molecule has 2 aliphatic carbocycles. The Morgan fingerprint density at radius 1 is 0.957 bits per heavy atom. The van der Waals surface area contributed by atoms with Gasteiger partial charge in [-0.25, -0.2) is 4.39 Å². The predicted molar refractivity (Wildman–Crippen MR) is 163 cm³/mol. The van der Waals surface area contributed by atoms with Gasteiger partial charge in [0.1, 0.15) is 30.0 Å². The number of carbonyl (C=O) groups is 5. The molecule has 0 aromatic heterocycles. The second kappa shape index (κ2) is 13.9. The van der Waals surface area contributed by atoms with Crippen molar-refractivity contribution in [1.29, 1.82) is 0 Å². The number of Topliss-reactive ketones (excluding diaryl/α,β-unsaturated/α-hetero) is 1. The highest BCUT2D eigenvalue weighted by molar-refractivity contribution is 6.38. The van der Waals surface area contributed by atoms with Crippen molar-refractivity contribution < 1.29 is 37.8 Å². The van der Waals surface area contributed by atoms with Crippen LogP contribution >= 0.6 is 0 Å². The molecular weight excluding hydrogens is 595 g/mol. The van der Waals surface area contributed by atoms with Crippen LogP contribution in [-0.4, -0.2) is 72.1 Å². The molecule has 2 aliphatic heterocycles. The Kier molecular flexibility index (Phi) is 9.51. The van der Waals surface area contributed by atoms with Crippen LogP contribution < -0.4 is 25.4 Å². The second-order valence-electron chi connectivity index (χ2n) is 12.7. The van der Waals surface area contributed by atoms with Crippen molar-refractivity contribution in [2.75, 3.05) is 19.7 Å². The van der Waals surface area contributed by atoms with E-state index in [1.165, 1.54) is 11.0 Å². The van der Waals surface area contributed by atoms with Gasteiger partial charge in [-0.2, -0.15) is 0 Å². The first kappa shape index (κ1) is 31.5. The van der Waals surface area contributed by atoms with Crippen molar-refractivity contribution in [3.05, 3.63) is 59.9 Å². The minimum absolute atomic E-state index is 0.0202. The number of hydrogen-bond acceptors (Lipinski definition) is 7. The number of ether oxygens (including phenoxy) is 2. The number of hydrogen-bond donors (Lipinski definition) is 3. The van der Waals surface area contributed by atoms with Crippen LogP contribution in [0, 0.1) is 23.6 Å². The highest BCUT2D eigenvalue weighted by Gasteiger charge is 2.50. The lowest BCUT2D eigenvalue weighted by Gasteiger charge is -2.29. The topological polar surface area (TPSA) is 143 Å². The first-order valence-electron chi connectivity index (χ1n) is 16.1. The number of amides is 4. The standard InChI is InChI=1S/C34H39FN4O7/c35-27-7-2-1-4-22(27)18-45-24-10-12-25(13-11-24)46-19-29(40)39-17-21-5-3-6-26(21)30(39)33(43)38-28(16-20-14-15-36-32(20)42)31(41)34(44)37-23-8-9-23/h1-2,4,7,10-13,20-21,23,26,28,30H,3,5-6,8-9,14-19H2,(H,36,42)(H,37,44)(H,38,43)/t20-,21-,26-,28-,30-/m0/s1. The molecule has 0 radical (unpaired) electrons. The summed E-state index contributed by atoms with van der Waals surface area (Å²) in [5.74, 6) is -2.41. The zero-order chi connectivity index (χ0) is 32.2. The van der Waals surface area contributed by atoms with Gasteiger partial charge in [0.15, 0.2) is 6.61 Å². The van der Waals surface area contributed by atoms with Gasteiger partial charge < -0.3 is 30.3 Å². The van der Waals surface area contributed by atoms with Crippen molar-refractivity contribution in [3.8, 4) is 11.5 Å². The van der Waals surface area contributed by atoms with E-state index in [2.05, 4.69) is 16.0 Å². The number of likely N-dealkylation sites (tertiary alicyclic amines) is 1. The van der Waals surface area contributed by atoms with Crippen LogP contribution in [0.2, 0.25) is 0 Å². The zero-order valence-electron chi connectivity index (χ0n) is 25.5. The fraction of sp³-hybridized carbons (Fsp3) is 0.500. The SMILES string of the molecule is O=C(NC1CC1)C(=O)[C@H](C[C@@H]1CCNC1=O)NC(=O)[C@@H]1[C@H]2CCC[C@H]2CN1C(=O)COc1ccc(OCc2ccccc2F)cc1. The molecule has 0 unspecified atom stereocenters. The van der Waals surface area contributed by atoms with Gasteiger partial charge >= 0.3 is 0 Å². The Labute approximate surface area is 266 Å². The number of rotatable bonds is 13. The highest BCUT2D eigenvalue weighted by Crippen LogP contribution is 2.42. The summed E-state index contributed by atoms with van der Waals surface area (Å²) in [6.45, 7) is 0.648. The predicted octanol–water partition coefficient (Wildman–Crippen LogP) is 2.27. The molecule has 2 aromatic rings. The number of nitrogens with zero attached hydrogens (tertiary/aromatic N) is 1. The van der Waals surface area contributed by atoms with Crippen LogP contribution in [0.3, 0.4) is 0 Å². The summed E-state index contributed by atoms with van der Waals surface area (Å²) in [4.78, 5) is 67.1. The maximum absolute atomic E-state index is 13.9.